The van der Waals surface area contributed by atoms with Crippen LogP contribution in [0.15, 0.2) is 60.7 Å². The highest BCUT2D eigenvalue weighted by atomic mass is 35.5. The number of aromatic nitrogens is 2. The number of ether oxygens (including phenoxy) is 1. The Morgan fingerprint density at radius 1 is 1.08 bits per heavy atom. The summed E-state index contributed by atoms with van der Waals surface area (Å²) in [7, 11) is 5.80. The number of aromatic amines is 1. The topological polar surface area (TPSA) is 70.2 Å². The Morgan fingerprint density at radius 3 is 2.64 bits per heavy atom. The fourth-order valence-corrected chi connectivity index (χ4v) is 5.38. The van der Waals surface area contributed by atoms with E-state index in [9.17, 15) is 4.79 Å². The van der Waals surface area contributed by atoms with Gasteiger partial charge in [0.1, 0.15) is 5.75 Å². The largest absolute Gasteiger partial charge is 0.497 e. The molecule has 1 fully saturated rings. The molecule has 4 aromatic rings. The Morgan fingerprint density at radius 2 is 1.89 bits per heavy atom. The standard InChI is InChI=1S/C29H28N4O2.ClH/c1-33(2)17-19-6-4-18(5-7-19)8-12-25-22-11-9-20(14-27(22)32-31-25)24-16-29(24)23-15-21(35-3)10-13-26(23)30-28(29)34;/h4-15,24H,16-17H2,1-3H3,(H,30,34)(H,31,32);1H/t24-,29-;/m0./s1. The number of hydrogen-bond acceptors (Lipinski definition) is 4. The molecule has 0 bridgehead atoms. The fraction of sp³-hybridized carbons (Fsp3) is 0.241. The first-order valence-corrected chi connectivity index (χ1v) is 11.9. The van der Waals surface area contributed by atoms with Crippen molar-refractivity contribution in [2.24, 2.45) is 0 Å². The van der Waals surface area contributed by atoms with Gasteiger partial charge in [0.15, 0.2) is 0 Å². The van der Waals surface area contributed by atoms with E-state index in [-0.39, 0.29) is 24.2 Å². The third kappa shape index (κ3) is 3.96. The highest BCUT2D eigenvalue weighted by Gasteiger charge is 2.65. The summed E-state index contributed by atoms with van der Waals surface area (Å²) in [6, 6.07) is 20.8. The van der Waals surface area contributed by atoms with E-state index in [1.807, 2.05) is 24.3 Å². The van der Waals surface area contributed by atoms with Gasteiger partial charge in [0, 0.05) is 23.5 Å². The van der Waals surface area contributed by atoms with Gasteiger partial charge in [0.25, 0.3) is 0 Å². The van der Waals surface area contributed by atoms with Crippen LogP contribution in [0.4, 0.5) is 5.69 Å². The van der Waals surface area contributed by atoms with Crippen molar-refractivity contribution < 1.29 is 9.53 Å². The number of rotatable bonds is 6. The zero-order valence-electron chi connectivity index (χ0n) is 20.5. The van der Waals surface area contributed by atoms with Gasteiger partial charge in [-0.2, -0.15) is 5.10 Å². The molecule has 0 saturated heterocycles. The van der Waals surface area contributed by atoms with Gasteiger partial charge in [0.2, 0.25) is 5.91 Å². The number of nitrogens with one attached hydrogen (secondary N) is 2. The molecule has 1 aliphatic heterocycles. The summed E-state index contributed by atoms with van der Waals surface area (Å²) in [5.41, 5.74) is 6.90. The van der Waals surface area contributed by atoms with Crippen LogP contribution in [0.25, 0.3) is 23.1 Å². The molecule has 0 radical (unpaired) electrons. The number of carbonyl (C=O) groups is 1. The predicted molar refractivity (Wildman–Crippen MR) is 147 cm³/mol. The van der Waals surface area contributed by atoms with E-state index in [4.69, 9.17) is 4.74 Å². The molecule has 6 nitrogen and oxygen atoms in total. The minimum absolute atomic E-state index is 0. The molecule has 184 valence electrons. The van der Waals surface area contributed by atoms with Crippen LogP contribution in [0.3, 0.4) is 0 Å². The van der Waals surface area contributed by atoms with E-state index in [0.717, 1.165) is 57.7 Å². The number of halogens is 1. The van der Waals surface area contributed by atoms with Gasteiger partial charge in [-0.1, -0.05) is 42.5 Å². The van der Waals surface area contributed by atoms with E-state index in [2.05, 4.69) is 83.0 Å². The zero-order valence-corrected chi connectivity index (χ0v) is 21.4. The Kier molecular flexibility index (Phi) is 6.10. The van der Waals surface area contributed by atoms with E-state index in [0.29, 0.717) is 0 Å². The van der Waals surface area contributed by atoms with Gasteiger partial charge < -0.3 is 15.0 Å². The number of fused-ring (bicyclic) bond motifs is 3. The quantitative estimate of drug-likeness (QED) is 0.361. The second-order valence-electron chi connectivity index (χ2n) is 9.82. The van der Waals surface area contributed by atoms with E-state index in [1.54, 1.807) is 7.11 Å². The van der Waals surface area contributed by atoms with Gasteiger partial charge in [0.05, 0.1) is 23.7 Å². The Hall–Kier alpha value is -3.61. The van der Waals surface area contributed by atoms with Crippen LogP contribution in [-0.2, 0) is 16.8 Å². The molecule has 2 N–H and O–H groups in total. The molecule has 7 heteroatoms. The maximum Gasteiger partial charge on any atom is 0.235 e. The zero-order chi connectivity index (χ0) is 24.2. The molecule has 2 aliphatic rings. The molecular weight excluding hydrogens is 472 g/mol. The SMILES string of the molecule is COc1ccc2c(c1)[C@]1(C[C@H]1c1ccc3c(C=Cc4ccc(CN(C)C)cc4)n[nH]c3c1)C(=O)N2.Cl. The molecule has 6 rings (SSSR count). The number of anilines is 1. The van der Waals surface area contributed by atoms with Crippen LogP contribution in [0.2, 0.25) is 0 Å². The summed E-state index contributed by atoms with van der Waals surface area (Å²) in [5.74, 6) is 0.997. The number of hydrogen-bond donors (Lipinski definition) is 2. The van der Waals surface area contributed by atoms with Crippen molar-refractivity contribution in [3.63, 3.8) is 0 Å². The number of methoxy groups -OCH3 is 1. The predicted octanol–water partition coefficient (Wildman–Crippen LogP) is 5.60. The average molecular weight is 501 g/mol. The first-order valence-electron chi connectivity index (χ1n) is 11.9. The molecular formula is C29H29ClN4O2. The first kappa shape index (κ1) is 24.1. The third-order valence-electron chi connectivity index (χ3n) is 7.25. The minimum Gasteiger partial charge on any atom is -0.497 e. The van der Waals surface area contributed by atoms with Crippen molar-refractivity contribution in [3.05, 3.63) is 88.6 Å². The van der Waals surface area contributed by atoms with Gasteiger partial charge in [-0.25, -0.2) is 0 Å². The maximum atomic E-state index is 13.0. The lowest BCUT2D eigenvalue weighted by molar-refractivity contribution is -0.118. The summed E-state index contributed by atoms with van der Waals surface area (Å²) in [6.07, 6.45) is 4.94. The first-order chi connectivity index (χ1) is 17.0. The van der Waals surface area contributed by atoms with Crippen molar-refractivity contribution in [3.8, 4) is 5.75 Å². The third-order valence-corrected chi connectivity index (χ3v) is 7.25. The second-order valence-corrected chi connectivity index (χ2v) is 9.82. The number of nitrogens with zero attached hydrogens (tertiary/aromatic N) is 2. The Labute approximate surface area is 216 Å². The van der Waals surface area contributed by atoms with Crippen LogP contribution in [0.1, 0.15) is 40.3 Å². The summed E-state index contributed by atoms with van der Waals surface area (Å²) in [4.78, 5) is 15.1. The summed E-state index contributed by atoms with van der Waals surface area (Å²) in [5, 5.41) is 11.8. The number of carbonyl (C=O) groups excluding carboxylic acids is 1. The van der Waals surface area contributed by atoms with Crippen LogP contribution in [-0.4, -0.2) is 42.2 Å². The van der Waals surface area contributed by atoms with Gasteiger partial charge in [-0.3, -0.25) is 9.89 Å². The van der Waals surface area contributed by atoms with Crippen LogP contribution < -0.4 is 10.1 Å². The van der Waals surface area contributed by atoms with Crippen molar-refractivity contribution in [2.45, 2.75) is 24.3 Å². The van der Waals surface area contributed by atoms with Crippen molar-refractivity contribution in [1.29, 1.82) is 0 Å². The fourth-order valence-electron chi connectivity index (χ4n) is 5.38. The Balaban J connectivity index is 0.00000267. The molecule has 1 spiro atoms. The van der Waals surface area contributed by atoms with Crippen LogP contribution >= 0.6 is 12.4 Å². The lowest BCUT2D eigenvalue weighted by Crippen LogP contribution is -2.21. The summed E-state index contributed by atoms with van der Waals surface area (Å²) >= 11 is 0. The second kappa shape index (κ2) is 9.12. The van der Waals surface area contributed by atoms with E-state index in [1.165, 1.54) is 5.56 Å². The minimum atomic E-state index is -0.501. The molecule has 1 aromatic heterocycles. The normalized spacial score (nSPS) is 20.1. The van der Waals surface area contributed by atoms with Crippen LogP contribution in [0, 0.1) is 0 Å². The lowest BCUT2D eigenvalue weighted by atomic mass is 9.91. The molecule has 2 atom stereocenters. The Bertz CT molecular complexity index is 1470. The summed E-state index contributed by atoms with van der Waals surface area (Å²) < 4.78 is 5.41. The average Bonchev–Trinajstić information content (AvgIpc) is 3.40. The molecule has 36 heavy (non-hydrogen) atoms. The number of amides is 1. The van der Waals surface area contributed by atoms with Crippen molar-refractivity contribution >= 4 is 47.1 Å². The van der Waals surface area contributed by atoms with Crippen molar-refractivity contribution in [2.75, 3.05) is 26.5 Å². The van der Waals surface area contributed by atoms with Crippen molar-refractivity contribution in [1.82, 2.24) is 15.1 Å². The summed E-state index contributed by atoms with van der Waals surface area (Å²) in [6.45, 7) is 0.930. The van der Waals surface area contributed by atoms with E-state index >= 15 is 0 Å². The van der Waals surface area contributed by atoms with Crippen LogP contribution in [0.5, 0.6) is 5.75 Å². The molecule has 2 heterocycles. The molecule has 0 unspecified atom stereocenters. The molecule has 1 saturated carbocycles. The molecule has 3 aromatic carbocycles. The smallest absolute Gasteiger partial charge is 0.235 e. The van der Waals surface area contributed by atoms with Gasteiger partial charge in [-0.15, -0.1) is 12.4 Å². The van der Waals surface area contributed by atoms with Gasteiger partial charge in [-0.05, 0) is 73.1 Å². The number of H-pyrrole nitrogens is 1. The highest BCUT2D eigenvalue weighted by Crippen LogP contribution is 2.65. The monoisotopic (exact) mass is 500 g/mol. The molecule has 1 amide bonds. The maximum absolute atomic E-state index is 13.0. The molecule has 1 aliphatic carbocycles. The van der Waals surface area contributed by atoms with Gasteiger partial charge >= 0.3 is 0 Å². The highest BCUT2D eigenvalue weighted by molar-refractivity contribution is 6.10. The van der Waals surface area contributed by atoms with E-state index < -0.39 is 5.41 Å². The lowest BCUT2D eigenvalue weighted by Gasteiger charge is -2.10. The number of benzene rings is 3.